The van der Waals surface area contributed by atoms with E-state index in [1.54, 1.807) is 18.2 Å². The average molecular weight is 307 g/mol. The van der Waals surface area contributed by atoms with Gasteiger partial charge in [0.1, 0.15) is 0 Å². The van der Waals surface area contributed by atoms with Crippen molar-refractivity contribution in [3.05, 3.63) is 35.4 Å². The fraction of sp³-hybridized carbons (Fsp3) is 0.500. The predicted molar refractivity (Wildman–Crippen MR) is 84.8 cm³/mol. The Bertz CT molecular complexity index is 498. The first-order valence-electron chi connectivity index (χ1n) is 7.32. The molecule has 1 saturated heterocycles. The van der Waals surface area contributed by atoms with E-state index in [9.17, 15) is 9.59 Å². The van der Waals surface area contributed by atoms with Gasteiger partial charge in [0.2, 0.25) is 5.91 Å². The molecule has 1 aliphatic heterocycles. The molecule has 0 saturated carbocycles. The lowest BCUT2D eigenvalue weighted by Gasteiger charge is -2.20. The van der Waals surface area contributed by atoms with Gasteiger partial charge in [-0.25, -0.2) is 4.79 Å². The lowest BCUT2D eigenvalue weighted by atomic mass is 9.98. The molecule has 0 atom stereocenters. The second-order valence-electron chi connectivity index (χ2n) is 5.37. The first-order chi connectivity index (χ1) is 10.1. The number of carbonyl (C=O) groups excluding carboxylic acids is 1. The third-order valence-electron chi connectivity index (χ3n) is 3.72. The van der Waals surface area contributed by atoms with Gasteiger partial charge in [0.05, 0.1) is 5.56 Å². The molecule has 1 amide bonds. The molecular formula is C16H21NO3S. The summed E-state index contributed by atoms with van der Waals surface area (Å²) in [4.78, 5) is 22.7. The van der Waals surface area contributed by atoms with Crippen molar-refractivity contribution in [3.63, 3.8) is 0 Å². The summed E-state index contributed by atoms with van der Waals surface area (Å²) < 4.78 is 0. The van der Waals surface area contributed by atoms with Crippen LogP contribution in [0.4, 0.5) is 0 Å². The van der Waals surface area contributed by atoms with Crippen LogP contribution in [0.25, 0.3) is 0 Å². The van der Waals surface area contributed by atoms with Gasteiger partial charge in [-0.1, -0.05) is 12.1 Å². The van der Waals surface area contributed by atoms with Gasteiger partial charge in [-0.3, -0.25) is 4.79 Å². The van der Waals surface area contributed by atoms with Crippen molar-refractivity contribution in [2.24, 2.45) is 5.92 Å². The highest BCUT2D eigenvalue weighted by Gasteiger charge is 2.16. The number of hydrogen-bond acceptors (Lipinski definition) is 3. The molecule has 0 unspecified atom stereocenters. The molecule has 1 aromatic rings. The molecule has 0 aromatic heterocycles. The van der Waals surface area contributed by atoms with Crippen LogP contribution in [0.15, 0.2) is 24.3 Å². The van der Waals surface area contributed by atoms with Gasteiger partial charge in [0, 0.05) is 13.0 Å². The van der Waals surface area contributed by atoms with E-state index < -0.39 is 5.97 Å². The van der Waals surface area contributed by atoms with Gasteiger partial charge in [-0.15, -0.1) is 0 Å². The minimum absolute atomic E-state index is 0.112. The number of nitrogens with one attached hydrogen (secondary N) is 1. The normalized spacial score (nSPS) is 15.6. The Morgan fingerprint density at radius 1 is 1.29 bits per heavy atom. The standard InChI is InChI=1S/C16H21NO3S/c18-15(11-13-5-8-21-9-6-13)17-7-4-12-2-1-3-14(10-12)16(19)20/h1-3,10,13H,4-9,11H2,(H,17,18)(H,19,20). The van der Waals surface area contributed by atoms with Crippen molar-refractivity contribution in [2.45, 2.75) is 25.7 Å². The van der Waals surface area contributed by atoms with Crippen LogP contribution in [-0.2, 0) is 11.2 Å². The summed E-state index contributed by atoms with van der Waals surface area (Å²) in [7, 11) is 0. The molecule has 5 heteroatoms. The summed E-state index contributed by atoms with van der Waals surface area (Å²) in [6, 6.07) is 6.86. The zero-order chi connectivity index (χ0) is 15.1. The minimum Gasteiger partial charge on any atom is -0.478 e. The van der Waals surface area contributed by atoms with E-state index in [4.69, 9.17) is 5.11 Å². The molecule has 21 heavy (non-hydrogen) atoms. The lowest BCUT2D eigenvalue weighted by molar-refractivity contribution is -0.122. The maximum absolute atomic E-state index is 11.9. The number of carboxylic acids is 1. The number of amides is 1. The third-order valence-corrected chi connectivity index (χ3v) is 4.77. The van der Waals surface area contributed by atoms with Crippen LogP contribution in [-0.4, -0.2) is 35.0 Å². The zero-order valence-electron chi connectivity index (χ0n) is 12.0. The maximum atomic E-state index is 11.9. The largest absolute Gasteiger partial charge is 0.478 e. The van der Waals surface area contributed by atoms with E-state index in [-0.39, 0.29) is 5.91 Å². The molecule has 1 aliphatic rings. The van der Waals surface area contributed by atoms with Gasteiger partial charge in [0.15, 0.2) is 0 Å². The Kier molecular flexibility index (Phi) is 6.11. The molecule has 1 aromatic carbocycles. The minimum atomic E-state index is -0.920. The number of rotatable bonds is 6. The molecule has 0 radical (unpaired) electrons. The second kappa shape index (κ2) is 8.08. The SMILES string of the molecule is O=C(CC1CCSCC1)NCCc1cccc(C(=O)O)c1. The van der Waals surface area contributed by atoms with Crippen LogP contribution in [0.2, 0.25) is 0 Å². The summed E-state index contributed by atoms with van der Waals surface area (Å²) in [5.74, 6) is 2.05. The van der Waals surface area contributed by atoms with E-state index in [0.717, 1.165) is 18.4 Å². The van der Waals surface area contributed by atoms with Crippen molar-refractivity contribution in [2.75, 3.05) is 18.1 Å². The van der Waals surface area contributed by atoms with Crippen LogP contribution in [0.3, 0.4) is 0 Å². The van der Waals surface area contributed by atoms with E-state index in [0.29, 0.717) is 30.9 Å². The average Bonchev–Trinajstić information content (AvgIpc) is 2.48. The molecule has 4 nitrogen and oxygen atoms in total. The lowest BCUT2D eigenvalue weighted by Crippen LogP contribution is -2.28. The Morgan fingerprint density at radius 3 is 2.76 bits per heavy atom. The summed E-state index contributed by atoms with van der Waals surface area (Å²) in [6.45, 7) is 0.559. The van der Waals surface area contributed by atoms with Gasteiger partial charge >= 0.3 is 5.97 Å². The predicted octanol–water partition coefficient (Wildman–Crippen LogP) is 2.58. The summed E-state index contributed by atoms with van der Waals surface area (Å²) >= 11 is 1.96. The molecule has 2 rings (SSSR count). The van der Waals surface area contributed by atoms with Crippen molar-refractivity contribution in [1.82, 2.24) is 5.32 Å². The first-order valence-corrected chi connectivity index (χ1v) is 8.47. The molecule has 1 heterocycles. The van der Waals surface area contributed by atoms with Crippen molar-refractivity contribution in [1.29, 1.82) is 0 Å². The molecular weight excluding hydrogens is 286 g/mol. The smallest absolute Gasteiger partial charge is 0.335 e. The molecule has 114 valence electrons. The van der Waals surface area contributed by atoms with Crippen LogP contribution in [0, 0.1) is 5.92 Å². The van der Waals surface area contributed by atoms with Crippen LogP contribution in [0.1, 0.15) is 35.2 Å². The van der Waals surface area contributed by atoms with Crippen LogP contribution in [0.5, 0.6) is 0 Å². The van der Waals surface area contributed by atoms with Crippen LogP contribution < -0.4 is 5.32 Å². The fourth-order valence-corrected chi connectivity index (χ4v) is 3.70. The van der Waals surface area contributed by atoms with Gasteiger partial charge in [-0.05, 0) is 54.4 Å². The monoisotopic (exact) mass is 307 g/mol. The van der Waals surface area contributed by atoms with E-state index >= 15 is 0 Å². The quantitative estimate of drug-likeness (QED) is 0.847. The zero-order valence-corrected chi connectivity index (χ0v) is 12.8. The highest BCUT2D eigenvalue weighted by Crippen LogP contribution is 2.24. The highest BCUT2D eigenvalue weighted by atomic mass is 32.2. The highest BCUT2D eigenvalue weighted by molar-refractivity contribution is 7.99. The number of carboxylic acid groups (broad SMARTS) is 1. The molecule has 0 bridgehead atoms. The Hall–Kier alpha value is -1.49. The fourth-order valence-electron chi connectivity index (χ4n) is 2.49. The van der Waals surface area contributed by atoms with Crippen molar-refractivity contribution in [3.8, 4) is 0 Å². The Morgan fingerprint density at radius 2 is 2.05 bits per heavy atom. The number of thioether (sulfide) groups is 1. The summed E-state index contributed by atoms with van der Waals surface area (Å²) in [6.07, 6.45) is 3.56. The molecule has 0 spiro atoms. The first kappa shape index (κ1) is 15.9. The number of benzene rings is 1. The van der Waals surface area contributed by atoms with E-state index in [2.05, 4.69) is 5.32 Å². The Labute approximate surface area is 129 Å². The number of hydrogen-bond donors (Lipinski definition) is 2. The van der Waals surface area contributed by atoms with Gasteiger partial charge < -0.3 is 10.4 Å². The van der Waals surface area contributed by atoms with Crippen molar-refractivity contribution >= 4 is 23.6 Å². The molecule has 2 N–H and O–H groups in total. The Balaban J connectivity index is 1.72. The number of aromatic carboxylic acids is 1. The molecule has 1 fully saturated rings. The summed E-state index contributed by atoms with van der Waals surface area (Å²) in [5.41, 5.74) is 1.22. The van der Waals surface area contributed by atoms with E-state index in [1.807, 2.05) is 17.8 Å². The number of carbonyl (C=O) groups is 2. The molecule has 0 aliphatic carbocycles. The van der Waals surface area contributed by atoms with Gasteiger partial charge in [0.25, 0.3) is 0 Å². The van der Waals surface area contributed by atoms with E-state index in [1.165, 1.54) is 11.5 Å². The maximum Gasteiger partial charge on any atom is 0.335 e. The van der Waals surface area contributed by atoms with Crippen molar-refractivity contribution < 1.29 is 14.7 Å². The van der Waals surface area contributed by atoms with Crippen LogP contribution >= 0.6 is 11.8 Å². The van der Waals surface area contributed by atoms with Gasteiger partial charge in [-0.2, -0.15) is 11.8 Å². The second-order valence-corrected chi connectivity index (χ2v) is 6.59. The summed E-state index contributed by atoms with van der Waals surface area (Å²) in [5, 5.41) is 11.9. The topological polar surface area (TPSA) is 66.4 Å². The third kappa shape index (κ3) is 5.42.